The second-order valence-corrected chi connectivity index (χ2v) is 5.70. The fourth-order valence-corrected chi connectivity index (χ4v) is 2.12. The van der Waals surface area contributed by atoms with Crippen LogP contribution in [0.3, 0.4) is 0 Å². The SMILES string of the molecule is CCCn1cc(CC)nc1N(C)CCC(N)C(C)C. The van der Waals surface area contributed by atoms with Crippen molar-refractivity contribution >= 4 is 5.95 Å². The van der Waals surface area contributed by atoms with Gasteiger partial charge in [-0.1, -0.05) is 27.7 Å². The lowest BCUT2D eigenvalue weighted by molar-refractivity contribution is 0.464. The van der Waals surface area contributed by atoms with E-state index >= 15 is 0 Å². The standard InChI is InChI=1S/C15H30N4/c1-6-9-19-11-13(7-2)17-15(19)18(5)10-8-14(16)12(3)4/h11-12,14H,6-10,16H2,1-5H3. The van der Waals surface area contributed by atoms with Crippen molar-refractivity contribution in [3.05, 3.63) is 11.9 Å². The molecule has 0 aliphatic rings. The van der Waals surface area contributed by atoms with Crippen molar-refractivity contribution in [1.82, 2.24) is 9.55 Å². The van der Waals surface area contributed by atoms with Crippen LogP contribution in [0.25, 0.3) is 0 Å². The van der Waals surface area contributed by atoms with Gasteiger partial charge in [0.25, 0.3) is 0 Å². The van der Waals surface area contributed by atoms with Gasteiger partial charge in [0.2, 0.25) is 5.95 Å². The Morgan fingerprint density at radius 2 is 2.05 bits per heavy atom. The van der Waals surface area contributed by atoms with Gasteiger partial charge in [0.05, 0.1) is 5.69 Å². The van der Waals surface area contributed by atoms with Crippen LogP contribution in [-0.4, -0.2) is 29.2 Å². The molecule has 19 heavy (non-hydrogen) atoms. The van der Waals surface area contributed by atoms with E-state index in [1.54, 1.807) is 0 Å². The summed E-state index contributed by atoms with van der Waals surface area (Å²) in [6.07, 6.45) is 5.31. The van der Waals surface area contributed by atoms with Crippen molar-refractivity contribution < 1.29 is 0 Å². The van der Waals surface area contributed by atoms with E-state index in [9.17, 15) is 0 Å². The van der Waals surface area contributed by atoms with Crippen LogP contribution in [-0.2, 0) is 13.0 Å². The van der Waals surface area contributed by atoms with E-state index in [4.69, 9.17) is 10.7 Å². The maximum atomic E-state index is 6.12. The van der Waals surface area contributed by atoms with Crippen molar-refractivity contribution in [2.75, 3.05) is 18.5 Å². The minimum absolute atomic E-state index is 0.266. The molecule has 110 valence electrons. The molecule has 0 bridgehead atoms. The molecule has 1 heterocycles. The van der Waals surface area contributed by atoms with Gasteiger partial charge in [0.15, 0.2) is 0 Å². The van der Waals surface area contributed by atoms with Gasteiger partial charge in [-0.3, -0.25) is 0 Å². The van der Waals surface area contributed by atoms with Crippen molar-refractivity contribution in [3.8, 4) is 0 Å². The first kappa shape index (κ1) is 16.0. The predicted octanol–water partition coefficient (Wildman–Crippen LogP) is 2.67. The summed E-state index contributed by atoms with van der Waals surface area (Å²) in [6.45, 7) is 10.7. The lowest BCUT2D eigenvalue weighted by Crippen LogP contribution is -2.32. The molecule has 1 aromatic rings. The molecule has 1 unspecified atom stereocenters. The molecular weight excluding hydrogens is 236 g/mol. The van der Waals surface area contributed by atoms with E-state index in [0.717, 1.165) is 38.3 Å². The molecule has 0 amide bonds. The van der Waals surface area contributed by atoms with Crippen LogP contribution in [0.5, 0.6) is 0 Å². The van der Waals surface area contributed by atoms with Gasteiger partial charge in [-0.25, -0.2) is 4.98 Å². The van der Waals surface area contributed by atoms with Gasteiger partial charge in [-0.05, 0) is 25.2 Å². The molecule has 1 rings (SSSR count). The molecule has 0 aromatic carbocycles. The van der Waals surface area contributed by atoms with Crippen LogP contribution in [0.2, 0.25) is 0 Å². The Morgan fingerprint density at radius 1 is 1.37 bits per heavy atom. The van der Waals surface area contributed by atoms with Crippen LogP contribution in [0.1, 0.15) is 46.2 Å². The van der Waals surface area contributed by atoms with Gasteiger partial charge in [-0.15, -0.1) is 0 Å². The van der Waals surface area contributed by atoms with Crippen molar-refractivity contribution in [2.45, 2.75) is 59.5 Å². The van der Waals surface area contributed by atoms with E-state index in [1.165, 1.54) is 5.69 Å². The first-order valence-corrected chi connectivity index (χ1v) is 7.52. The van der Waals surface area contributed by atoms with E-state index in [2.05, 4.69) is 50.4 Å². The molecule has 2 N–H and O–H groups in total. The van der Waals surface area contributed by atoms with Crippen molar-refractivity contribution in [1.29, 1.82) is 0 Å². The van der Waals surface area contributed by atoms with Gasteiger partial charge in [0, 0.05) is 32.4 Å². The molecule has 4 heteroatoms. The zero-order valence-corrected chi connectivity index (χ0v) is 13.2. The number of nitrogens with two attached hydrogens (primary N) is 1. The Hall–Kier alpha value is -1.03. The van der Waals surface area contributed by atoms with Gasteiger partial charge >= 0.3 is 0 Å². The number of hydrogen-bond acceptors (Lipinski definition) is 3. The van der Waals surface area contributed by atoms with Crippen LogP contribution in [0.4, 0.5) is 5.95 Å². The third-order valence-electron chi connectivity index (χ3n) is 3.63. The first-order chi connectivity index (χ1) is 8.99. The van der Waals surface area contributed by atoms with Gasteiger partial charge in [0.1, 0.15) is 0 Å². The lowest BCUT2D eigenvalue weighted by Gasteiger charge is -2.23. The number of imidazole rings is 1. The second kappa shape index (κ2) is 7.53. The first-order valence-electron chi connectivity index (χ1n) is 7.52. The molecule has 0 spiro atoms. The number of aryl methyl sites for hydroxylation is 2. The van der Waals surface area contributed by atoms with Gasteiger partial charge < -0.3 is 15.2 Å². The van der Waals surface area contributed by atoms with Crippen LogP contribution in [0, 0.1) is 5.92 Å². The summed E-state index contributed by atoms with van der Waals surface area (Å²) in [5.74, 6) is 1.62. The molecular formula is C15H30N4. The Balaban J connectivity index is 2.69. The number of nitrogens with zero attached hydrogens (tertiary/aromatic N) is 3. The zero-order chi connectivity index (χ0) is 14.4. The van der Waals surface area contributed by atoms with Crippen LogP contribution >= 0.6 is 0 Å². The lowest BCUT2D eigenvalue weighted by atomic mass is 10.0. The quantitative estimate of drug-likeness (QED) is 0.787. The summed E-state index contributed by atoms with van der Waals surface area (Å²) in [5, 5.41) is 0. The average Bonchev–Trinajstić information content (AvgIpc) is 2.79. The maximum absolute atomic E-state index is 6.12. The van der Waals surface area contributed by atoms with Crippen LogP contribution < -0.4 is 10.6 Å². The fraction of sp³-hybridized carbons (Fsp3) is 0.800. The molecule has 0 saturated heterocycles. The number of hydrogen-bond donors (Lipinski definition) is 1. The third-order valence-corrected chi connectivity index (χ3v) is 3.63. The smallest absolute Gasteiger partial charge is 0.205 e. The van der Waals surface area contributed by atoms with Crippen molar-refractivity contribution in [2.24, 2.45) is 11.7 Å². The number of rotatable bonds is 8. The van der Waals surface area contributed by atoms with E-state index in [0.29, 0.717) is 5.92 Å². The van der Waals surface area contributed by atoms with E-state index in [1.807, 2.05) is 0 Å². The highest BCUT2D eigenvalue weighted by Gasteiger charge is 2.13. The zero-order valence-electron chi connectivity index (χ0n) is 13.2. The molecule has 1 aromatic heterocycles. The molecule has 0 fully saturated rings. The summed E-state index contributed by atoms with van der Waals surface area (Å²) in [4.78, 5) is 6.95. The highest BCUT2D eigenvalue weighted by Crippen LogP contribution is 2.15. The summed E-state index contributed by atoms with van der Waals surface area (Å²) in [6, 6.07) is 0.266. The molecule has 4 nitrogen and oxygen atoms in total. The van der Waals surface area contributed by atoms with Gasteiger partial charge in [-0.2, -0.15) is 0 Å². The molecule has 0 radical (unpaired) electrons. The highest BCUT2D eigenvalue weighted by atomic mass is 15.3. The topological polar surface area (TPSA) is 47.1 Å². The number of aromatic nitrogens is 2. The monoisotopic (exact) mass is 266 g/mol. The minimum atomic E-state index is 0.266. The molecule has 0 saturated carbocycles. The average molecular weight is 266 g/mol. The normalized spacial score (nSPS) is 13.0. The summed E-state index contributed by atoms with van der Waals surface area (Å²) >= 11 is 0. The number of anilines is 1. The highest BCUT2D eigenvalue weighted by molar-refractivity contribution is 5.32. The molecule has 0 aliphatic heterocycles. The summed E-state index contributed by atoms with van der Waals surface area (Å²) in [7, 11) is 2.11. The fourth-order valence-electron chi connectivity index (χ4n) is 2.12. The van der Waals surface area contributed by atoms with Crippen molar-refractivity contribution in [3.63, 3.8) is 0 Å². The van der Waals surface area contributed by atoms with E-state index < -0.39 is 0 Å². The Kier molecular flexibility index (Phi) is 6.35. The third kappa shape index (κ3) is 4.53. The molecule has 1 atom stereocenters. The maximum Gasteiger partial charge on any atom is 0.205 e. The molecule has 0 aliphatic carbocycles. The van der Waals surface area contributed by atoms with E-state index in [-0.39, 0.29) is 6.04 Å². The Labute approximate surface area is 118 Å². The summed E-state index contributed by atoms with van der Waals surface area (Å²) < 4.78 is 2.26. The predicted molar refractivity (Wildman–Crippen MR) is 82.6 cm³/mol. The minimum Gasteiger partial charge on any atom is -0.345 e. The van der Waals surface area contributed by atoms with Crippen LogP contribution in [0.15, 0.2) is 6.20 Å². The Morgan fingerprint density at radius 3 is 2.58 bits per heavy atom. The largest absolute Gasteiger partial charge is 0.345 e. The summed E-state index contributed by atoms with van der Waals surface area (Å²) in [5.41, 5.74) is 7.29. The Bertz CT molecular complexity index is 370. The second-order valence-electron chi connectivity index (χ2n) is 5.70.